The first kappa shape index (κ1) is 12.4. The number of hydrogen-bond donors (Lipinski definition) is 2. The number of nitrogens with zero attached hydrogens (tertiary/aromatic N) is 1. The molecule has 0 amide bonds. The van der Waals surface area contributed by atoms with Crippen LogP contribution in [0.4, 0.5) is 5.82 Å². The van der Waals surface area contributed by atoms with E-state index >= 15 is 0 Å². The summed E-state index contributed by atoms with van der Waals surface area (Å²) >= 11 is 0. The minimum atomic E-state index is 0.805. The quantitative estimate of drug-likeness (QED) is 0.822. The lowest BCUT2D eigenvalue weighted by molar-refractivity contribution is 0.344. The van der Waals surface area contributed by atoms with E-state index in [1.54, 1.807) is 0 Å². The van der Waals surface area contributed by atoms with Gasteiger partial charge in [-0.3, -0.25) is 0 Å². The maximum Gasteiger partial charge on any atom is 0.129 e. The maximum absolute atomic E-state index is 4.70. The number of aromatic nitrogens is 1. The zero-order valence-corrected chi connectivity index (χ0v) is 10.9. The molecule has 2 aliphatic heterocycles. The van der Waals surface area contributed by atoms with Gasteiger partial charge in [-0.15, -0.1) is 0 Å². The van der Waals surface area contributed by atoms with Crippen LogP contribution in [0.3, 0.4) is 0 Å². The Bertz CT molecular complexity index is 358. The molecule has 1 fully saturated rings. The molecule has 0 atom stereocenters. The van der Waals surface area contributed by atoms with Crippen molar-refractivity contribution in [1.82, 2.24) is 10.3 Å². The lowest BCUT2D eigenvalue weighted by Gasteiger charge is -2.27. The van der Waals surface area contributed by atoms with Crippen molar-refractivity contribution in [3.05, 3.63) is 23.4 Å². The minimum Gasteiger partial charge on any atom is -0.370 e. The lowest BCUT2D eigenvalue weighted by atomic mass is 9.96. The molecule has 0 saturated carbocycles. The van der Waals surface area contributed by atoms with Gasteiger partial charge in [0.05, 0.1) is 0 Å². The average Bonchev–Trinajstić information content (AvgIpc) is 2.36. The Balaban J connectivity index is 0.000000514. The highest BCUT2D eigenvalue weighted by molar-refractivity contribution is 5.47. The second-order valence-corrected chi connectivity index (χ2v) is 4.57. The zero-order chi connectivity index (χ0) is 12.1. The van der Waals surface area contributed by atoms with Gasteiger partial charge in [0, 0.05) is 12.2 Å². The number of nitrogens with one attached hydrogen (secondary N) is 2. The summed E-state index contributed by atoms with van der Waals surface area (Å²) in [6.07, 6.45) is 3.54. The van der Waals surface area contributed by atoms with Crippen molar-refractivity contribution in [1.29, 1.82) is 0 Å². The molecule has 0 bridgehead atoms. The first-order valence-corrected chi connectivity index (χ1v) is 6.85. The topological polar surface area (TPSA) is 37.0 Å². The van der Waals surface area contributed by atoms with E-state index in [-0.39, 0.29) is 0 Å². The molecule has 0 aliphatic carbocycles. The summed E-state index contributed by atoms with van der Waals surface area (Å²) < 4.78 is 0. The summed E-state index contributed by atoms with van der Waals surface area (Å²) in [5.41, 5.74) is 2.63. The van der Waals surface area contributed by atoms with Crippen LogP contribution in [0.15, 0.2) is 12.1 Å². The van der Waals surface area contributed by atoms with E-state index in [9.17, 15) is 0 Å². The number of fused-ring (bicyclic) bond motifs is 1. The molecule has 3 heterocycles. The van der Waals surface area contributed by atoms with E-state index in [4.69, 9.17) is 4.98 Å². The van der Waals surface area contributed by atoms with Crippen LogP contribution in [0.25, 0.3) is 0 Å². The van der Waals surface area contributed by atoms with Crippen molar-refractivity contribution in [2.45, 2.75) is 33.1 Å². The molecular formula is C14H23N3. The van der Waals surface area contributed by atoms with Crippen molar-refractivity contribution >= 4 is 5.82 Å². The second kappa shape index (κ2) is 6.01. The summed E-state index contributed by atoms with van der Waals surface area (Å²) in [5.74, 6) is 1.94. The number of rotatable bonds is 2. The van der Waals surface area contributed by atoms with Crippen LogP contribution < -0.4 is 10.6 Å². The van der Waals surface area contributed by atoms with Gasteiger partial charge in [-0.25, -0.2) is 4.98 Å². The molecule has 0 spiro atoms. The molecule has 2 aliphatic rings. The van der Waals surface area contributed by atoms with E-state index in [1.807, 2.05) is 13.8 Å². The van der Waals surface area contributed by atoms with Crippen LogP contribution in [-0.2, 0) is 12.8 Å². The van der Waals surface area contributed by atoms with Gasteiger partial charge in [-0.2, -0.15) is 0 Å². The van der Waals surface area contributed by atoms with E-state index in [0.29, 0.717) is 0 Å². The monoisotopic (exact) mass is 233 g/mol. The van der Waals surface area contributed by atoms with Crippen molar-refractivity contribution in [2.75, 3.05) is 25.0 Å². The smallest absolute Gasteiger partial charge is 0.129 e. The number of hydrogen-bond acceptors (Lipinski definition) is 3. The molecule has 1 aromatic rings. The fraction of sp³-hybridized carbons (Fsp3) is 0.643. The van der Waals surface area contributed by atoms with Crippen LogP contribution in [-0.4, -0.2) is 24.6 Å². The molecular weight excluding hydrogens is 210 g/mol. The fourth-order valence-electron chi connectivity index (χ4n) is 2.27. The van der Waals surface area contributed by atoms with Crippen molar-refractivity contribution < 1.29 is 0 Å². The van der Waals surface area contributed by atoms with E-state index < -0.39 is 0 Å². The summed E-state index contributed by atoms with van der Waals surface area (Å²) in [4.78, 5) is 4.70. The third-order valence-electron chi connectivity index (χ3n) is 3.32. The van der Waals surface area contributed by atoms with Crippen LogP contribution in [0.5, 0.6) is 0 Å². The molecule has 3 nitrogen and oxygen atoms in total. The van der Waals surface area contributed by atoms with E-state index in [1.165, 1.54) is 24.1 Å². The van der Waals surface area contributed by atoms with Gasteiger partial charge in [0.1, 0.15) is 5.82 Å². The number of pyridine rings is 1. The molecule has 3 rings (SSSR count). The normalized spacial score (nSPS) is 18.2. The summed E-state index contributed by atoms with van der Waals surface area (Å²) in [6, 6.07) is 4.44. The molecule has 2 N–H and O–H groups in total. The highest BCUT2D eigenvalue weighted by Crippen LogP contribution is 2.21. The van der Waals surface area contributed by atoms with Gasteiger partial charge in [0.2, 0.25) is 0 Å². The molecule has 17 heavy (non-hydrogen) atoms. The fourth-order valence-corrected chi connectivity index (χ4v) is 2.27. The standard InChI is InChI=1S/C12H17N3.C2H6/c1-2-10-3-4-11(6-9-7-13-8-9)15-12(10)14-5-1;1-2/h3-4,9,13H,1-2,5-8H2,(H,14,15);1-2H3. The van der Waals surface area contributed by atoms with Gasteiger partial charge < -0.3 is 10.6 Å². The largest absolute Gasteiger partial charge is 0.370 e. The average molecular weight is 233 g/mol. The Morgan fingerprint density at radius 3 is 2.82 bits per heavy atom. The van der Waals surface area contributed by atoms with Gasteiger partial charge in [0.25, 0.3) is 0 Å². The predicted octanol–water partition coefficient (Wildman–Crippen LogP) is 2.23. The van der Waals surface area contributed by atoms with Crippen molar-refractivity contribution in [2.24, 2.45) is 5.92 Å². The SMILES string of the molecule is CC.c1cc2c(nc1CC1CNC1)NCCC2. The van der Waals surface area contributed by atoms with Gasteiger partial charge in [-0.05, 0) is 49.9 Å². The third-order valence-corrected chi connectivity index (χ3v) is 3.32. The maximum atomic E-state index is 4.70. The van der Waals surface area contributed by atoms with E-state index in [2.05, 4.69) is 22.8 Å². The first-order chi connectivity index (χ1) is 8.42. The van der Waals surface area contributed by atoms with Crippen LogP contribution in [0.2, 0.25) is 0 Å². The first-order valence-electron chi connectivity index (χ1n) is 6.85. The predicted molar refractivity (Wildman–Crippen MR) is 72.5 cm³/mol. The minimum absolute atomic E-state index is 0.805. The molecule has 3 heteroatoms. The van der Waals surface area contributed by atoms with Gasteiger partial charge in [-0.1, -0.05) is 19.9 Å². The third kappa shape index (κ3) is 2.97. The lowest BCUT2D eigenvalue weighted by Crippen LogP contribution is -2.43. The molecule has 0 radical (unpaired) electrons. The highest BCUT2D eigenvalue weighted by atomic mass is 15.0. The van der Waals surface area contributed by atoms with Crippen molar-refractivity contribution in [3.8, 4) is 0 Å². The molecule has 1 saturated heterocycles. The Hall–Kier alpha value is -1.09. The second-order valence-electron chi connectivity index (χ2n) is 4.57. The Morgan fingerprint density at radius 1 is 1.29 bits per heavy atom. The zero-order valence-electron chi connectivity index (χ0n) is 10.9. The van der Waals surface area contributed by atoms with Crippen LogP contribution in [0.1, 0.15) is 31.5 Å². The summed E-state index contributed by atoms with van der Waals surface area (Å²) in [5, 5.41) is 6.69. The van der Waals surface area contributed by atoms with Crippen LogP contribution in [0, 0.1) is 5.92 Å². The Morgan fingerprint density at radius 2 is 2.12 bits per heavy atom. The van der Waals surface area contributed by atoms with Gasteiger partial charge in [0.15, 0.2) is 0 Å². The Labute approximate surface area is 104 Å². The summed E-state index contributed by atoms with van der Waals surface area (Å²) in [7, 11) is 0. The highest BCUT2D eigenvalue weighted by Gasteiger charge is 2.18. The van der Waals surface area contributed by atoms with Gasteiger partial charge >= 0.3 is 0 Å². The summed E-state index contributed by atoms with van der Waals surface area (Å²) in [6.45, 7) is 7.40. The molecule has 1 aromatic heterocycles. The number of aryl methyl sites for hydroxylation is 1. The number of anilines is 1. The molecule has 0 unspecified atom stereocenters. The van der Waals surface area contributed by atoms with Crippen molar-refractivity contribution in [3.63, 3.8) is 0 Å². The van der Waals surface area contributed by atoms with E-state index in [0.717, 1.165) is 37.8 Å². The Kier molecular flexibility index (Phi) is 4.37. The molecule has 0 aromatic carbocycles. The van der Waals surface area contributed by atoms with Crippen LogP contribution >= 0.6 is 0 Å². The molecule has 94 valence electrons.